The highest BCUT2D eigenvalue weighted by atomic mass is 28.5. The molecular weight excluding hydrogens is 505 g/mol. The van der Waals surface area contributed by atoms with E-state index in [1.165, 1.54) is 0 Å². The molecule has 1 fully saturated rings. The largest absolute Gasteiger partial charge is 0.441 e. The molecule has 0 bridgehead atoms. The van der Waals surface area contributed by atoms with Gasteiger partial charge in [0.1, 0.15) is 0 Å². The fraction of sp³-hybridized carbons (Fsp3) is 1.00. The van der Waals surface area contributed by atoms with Gasteiger partial charge < -0.3 is 28.8 Å². The van der Waals surface area contributed by atoms with Crippen LogP contribution in [0, 0.1) is 0 Å². The van der Waals surface area contributed by atoms with Crippen LogP contribution in [-0.4, -0.2) is 72.3 Å². The van der Waals surface area contributed by atoms with Crippen molar-refractivity contribution in [2.75, 3.05) is 0 Å². The lowest BCUT2D eigenvalue weighted by atomic mass is 10.9. The normalized spacial score (nSPS) is 30.4. The molecule has 29 heavy (non-hydrogen) atoms. The summed E-state index contributed by atoms with van der Waals surface area (Å²) in [5.74, 6) is 0. The molecule has 0 saturated carbocycles. The Morgan fingerprint density at radius 1 is 0.862 bits per heavy atom. The molecule has 0 radical (unpaired) electrons. The van der Waals surface area contributed by atoms with Crippen molar-refractivity contribution in [1.82, 2.24) is 0 Å². The third-order valence-corrected chi connectivity index (χ3v) is 28.8. The van der Waals surface area contributed by atoms with E-state index in [1.807, 2.05) is 13.8 Å². The summed E-state index contributed by atoms with van der Waals surface area (Å²) in [6, 6.07) is 1.79. The molecule has 0 aromatic heterocycles. The van der Waals surface area contributed by atoms with Crippen LogP contribution in [0.3, 0.4) is 0 Å². The highest BCUT2D eigenvalue weighted by Crippen LogP contribution is 2.24. The summed E-state index contributed by atoms with van der Waals surface area (Å²) in [7, 11) is -13.3. The van der Waals surface area contributed by atoms with Gasteiger partial charge >= 0.3 is 17.8 Å². The van der Waals surface area contributed by atoms with Gasteiger partial charge in [-0.15, -0.1) is 0 Å². The van der Waals surface area contributed by atoms with E-state index in [0.717, 1.165) is 12.1 Å². The van der Waals surface area contributed by atoms with Gasteiger partial charge in [0.15, 0.2) is 16.6 Å². The second-order valence-corrected chi connectivity index (χ2v) is 32.9. The lowest BCUT2D eigenvalue weighted by Crippen LogP contribution is -2.53. The fourth-order valence-electron chi connectivity index (χ4n) is 2.71. The quantitative estimate of drug-likeness (QED) is 0.409. The molecule has 1 saturated heterocycles. The molecule has 0 aromatic rings. The molecule has 1 heterocycles. The van der Waals surface area contributed by atoms with E-state index >= 15 is 0 Å². The van der Waals surface area contributed by atoms with Crippen LogP contribution < -0.4 is 0 Å². The first-order valence-corrected chi connectivity index (χ1v) is 29.3. The zero-order valence-corrected chi connectivity index (χ0v) is 29.8. The summed E-state index contributed by atoms with van der Waals surface area (Å²) < 4.78 is 43.5. The Kier molecular flexibility index (Phi) is 14.6. The first-order chi connectivity index (χ1) is 13.2. The number of hydrogen-bond donors (Lipinski definition) is 0. The van der Waals surface area contributed by atoms with Crippen molar-refractivity contribution in [3.05, 3.63) is 0 Å². The molecule has 0 N–H and O–H groups in total. The SMILES string of the molecule is CC.C[SiH]1O[SiH](C)O[Si](C)(CC[SiH](O[SiH2]O[Si](C)(C)C)O[Si](C)(C)C)O[SiH](C)O1. The highest BCUT2D eigenvalue weighted by molar-refractivity contribution is 6.82. The van der Waals surface area contributed by atoms with Gasteiger partial charge in [0.2, 0.25) is 0 Å². The molecule has 0 amide bonds. The molecule has 1 aliphatic rings. The van der Waals surface area contributed by atoms with Crippen molar-refractivity contribution in [3.63, 3.8) is 0 Å². The second-order valence-electron chi connectivity index (χ2n) is 9.08. The average molecular weight is 551 g/mol. The van der Waals surface area contributed by atoms with Gasteiger partial charge in [0.25, 0.3) is 37.9 Å². The van der Waals surface area contributed by atoms with Crippen LogP contribution in [0.15, 0.2) is 0 Å². The summed E-state index contributed by atoms with van der Waals surface area (Å²) in [6.45, 7) is 25.6. The first-order valence-electron chi connectivity index (χ1n) is 10.8. The third-order valence-electron chi connectivity index (χ3n) is 3.66. The van der Waals surface area contributed by atoms with Gasteiger partial charge in [-0.25, -0.2) is 0 Å². The molecule has 15 heteroatoms. The lowest BCUT2D eigenvalue weighted by molar-refractivity contribution is 0.274. The van der Waals surface area contributed by atoms with Crippen LogP contribution in [0.4, 0.5) is 0 Å². The minimum Gasteiger partial charge on any atom is -0.441 e. The highest BCUT2D eigenvalue weighted by Gasteiger charge is 2.40. The number of rotatable bonds is 9. The van der Waals surface area contributed by atoms with Crippen LogP contribution in [-0.2, 0) is 28.8 Å². The van der Waals surface area contributed by atoms with Crippen molar-refractivity contribution in [3.8, 4) is 0 Å². The predicted molar refractivity (Wildman–Crippen MR) is 142 cm³/mol. The summed E-state index contributed by atoms with van der Waals surface area (Å²) >= 11 is 0. The van der Waals surface area contributed by atoms with Crippen LogP contribution in [0.1, 0.15) is 13.8 Å². The van der Waals surface area contributed by atoms with E-state index in [4.69, 9.17) is 28.8 Å². The maximum atomic E-state index is 6.42. The van der Waals surface area contributed by atoms with Gasteiger partial charge in [-0.3, -0.25) is 0 Å². The predicted octanol–water partition coefficient (Wildman–Crippen LogP) is 2.65. The summed E-state index contributed by atoms with van der Waals surface area (Å²) in [4.78, 5) is 0. The molecule has 7 nitrogen and oxygen atoms in total. The van der Waals surface area contributed by atoms with E-state index in [2.05, 4.69) is 65.5 Å². The van der Waals surface area contributed by atoms with Gasteiger partial charge in [-0.05, 0) is 77.6 Å². The maximum Gasteiger partial charge on any atom is 0.316 e. The van der Waals surface area contributed by atoms with Gasteiger partial charge in [0.05, 0.1) is 0 Å². The maximum absolute atomic E-state index is 6.42. The Labute approximate surface area is 192 Å². The second kappa shape index (κ2) is 13.9. The Bertz CT molecular complexity index is 435. The average Bonchev–Trinajstić information content (AvgIpc) is 2.50. The molecule has 1 rings (SSSR count). The van der Waals surface area contributed by atoms with E-state index in [9.17, 15) is 0 Å². The van der Waals surface area contributed by atoms with Crippen molar-refractivity contribution >= 4 is 72.3 Å². The van der Waals surface area contributed by atoms with Crippen LogP contribution in [0.5, 0.6) is 0 Å². The van der Waals surface area contributed by atoms with E-state index in [0.29, 0.717) is 0 Å². The van der Waals surface area contributed by atoms with Crippen molar-refractivity contribution in [2.45, 2.75) is 91.4 Å². The molecule has 0 aliphatic carbocycles. The lowest BCUT2D eigenvalue weighted by Gasteiger charge is -2.37. The van der Waals surface area contributed by atoms with E-state index < -0.39 is 72.3 Å². The Hall–Kier alpha value is 1.46. The summed E-state index contributed by atoms with van der Waals surface area (Å²) in [6.07, 6.45) is 0. The topological polar surface area (TPSA) is 64.6 Å². The summed E-state index contributed by atoms with van der Waals surface area (Å²) in [5, 5.41) is 0. The van der Waals surface area contributed by atoms with Crippen molar-refractivity contribution in [1.29, 1.82) is 0 Å². The summed E-state index contributed by atoms with van der Waals surface area (Å²) in [5.41, 5.74) is 0. The Morgan fingerprint density at radius 3 is 1.76 bits per heavy atom. The van der Waals surface area contributed by atoms with E-state index in [1.54, 1.807) is 0 Å². The first kappa shape index (κ1) is 30.5. The molecule has 176 valence electrons. The van der Waals surface area contributed by atoms with Crippen LogP contribution in [0.2, 0.25) is 77.6 Å². The van der Waals surface area contributed by atoms with E-state index in [-0.39, 0.29) is 0 Å². The van der Waals surface area contributed by atoms with Crippen molar-refractivity contribution in [2.24, 2.45) is 0 Å². The third kappa shape index (κ3) is 15.8. The van der Waals surface area contributed by atoms with Gasteiger partial charge in [-0.2, -0.15) is 0 Å². The Morgan fingerprint density at radius 2 is 1.34 bits per heavy atom. The van der Waals surface area contributed by atoms with Crippen molar-refractivity contribution < 1.29 is 28.8 Å². The van der Waals surface area contributed by atoms with Crippen LogP contribution >= 0.6 is 0 Å². The Balaban J connectivity index is 0.00000379. The molecule has 0 aromatic carbocycles. The standard InChI is InChI=1S/C12H40O7Si8.C2H6/c1-21-15-22(2)17-27(10,18-23(3)16-21)12-11-24(19-26(7,8)9)13-20-14-25(4,5)6;1-2/h21-24H,11-12,20H2,1-10H3;1-2H3. The molecular formula is C14H46O7Si8. The molecule has 0 spiro atoms. The zero-order chi connectivity index (χ0) is 22.9. The minimum absolute atomic E-state index is 0.882. The fourth-order valence-corrected chi connectivity index (χ4v) is 27.7. The molecule has 1 aliphatic heterocycles. The monoisotopic (exact) mass is 550 g/mol. The molecule has 3 unspecified atom stereocenters. The van der Waals surface area contributed by atoms with Crippen LogP contribution in [0.25, 0.3) is 0 Å². The van der Waals surface area contributed by atoms with Gasteiger partial charge in [0, 0.05) is 0 Å². The van der Waals surface area contributed by atoms with Gasteiger partial charge in [-0.1, -0.05) is 13.8 Å². The zero-order valence-electron chi connectivity index (χ0n) is 20.8. The smallest absolute Gasteiger partial charge is 0.316 e. The molecule has 3 atom stereocenters. The minimum atomic E-state index is -2.32. The number of hydrogen-bond acceptors (Lipinski definition) is 7.